The average molecular weight is 416 g/mol. The molecule has 128 valence electrons. The molecule has 4 rings (SSSR count). The molecule has 1 aromatic carbocycles. The van der Waals surface area contributed by atoms with Crippen molar-refractivity contribution >= 4 is 31.7 Å². The maximum Gasteiger partial charge on any atom is 0.312 e. The Hall–Kier alpha value is -1.41. The highest BCUT2D eigenvalue weighted by molar-refractivity contribution is 9.10. The van der Waals surface area contributed by atoms with E-state index in [0.717, 1.165) is 0 Å². The molecule has 1 aromatic rings. The van der Waals surface area contributed by atoms with Gasteiger partial charge in [-0.05, 0) is 46.5 Å². The predicted octanol–water partition coefficient (Wildman–Crippen LogP) is 2.24. The van der Waals surface area contributed by atoms with Crippen molar-refractivity contribution in [1.82, 2.24) is 5.32 Å². The van der Waals surface area contributed by atoms with Crippen LogP contribution in [0, 0.1) is 11.7 Å². The van der Waals surface area contributed by atoms with Gasteiger partial charge in [0.05, 0.1) is 27.1 Å². The van der Waals surface area contributed by atoms with E-state index in [9.17, 15) is 17.6 Å². The molecule has 0 spiro atoms. The van der Waals surface area contributed by atoms with Crippen LogP contribution in [0.25, 0.3) is 0 Å². The smallest absolute Gasteiger partial charge is 0.312 e. The number of carbonyl (C=O) groups excluding carboxylic acids is 1. The number of sulfone groups is 1. The van der Waals surface area contributed by atoms with Gasteiger partial charge in [0, 0.05) is 11.6 Å². The van der Waals surface area contributed by atoms with E-state index in [1.807, 2.05) is 0 Å². The number of esters is 1. The van der Waals surface area contributed by atoms with Crippen LogP contribution in [0.2, 0.25) is 0 Å². The third kappa shape index (κ3) is 2.38. The molecule has 3 unspecified atom stereocenters. The Morgan fingerprint density at radius 2 is 2.12 bits per heavy atom. The van der Waals surface area contributed by atoms with Crippen molar-refractivity contribution in [2.45, 2.75) is 24.8 Å². The largest absolute Gasteiger partial charge is 0.463 e. The molecule has 0 saturated carbocycles. The maximum atomic E-state index is 13.6. The Labute approximate surface area is 147 Å². The van der Waals surface area contributed by atoms with E-state index in [-0.39, 0.29) is 27.8 Å². The van der Waals surface area contributed by atoms with Crippen LogP contribution in [-0.2, 0) is 19.4 Å². The van der Waals surface area contributed by atoms with E-state index >= 15 is 0 Å². The van der Waals surface area contributed by atoms with Gasteiger partial charge in [-0.3, -0.25) is 4.79 Å². The van der Waals surface area contributed by atoms with Crippen molar-refractivity contribution in [3.8, 4) is 0 Å². The lowest BCUT2D eigenvalue weighted by molar-refractivity contribution is -0.141. The van der Waals surface area contributed by atoms with Gasteiger partial charge in [0.15, 0.2) is 9.84 Å². The molecule has 1 N–H and O–H groups in total. The molecule has 24 heavy (non-hydrogen) atoms. The molecule has 5 nitrogen and oxygen atoms in total. The first-order chi connectivity index (χ1) is 11.4. The molecular weight excluding hydrogens is 401 g/mol. The van der Waals surface area contributed by atoms with E-state index < -0.39 is 33.5 Å². The van der Waals surface area contributed by atoms with Gasteiger partial charge in [-0.1, -0.05) is 6.07 Å². The van der Waals surface area contributed by atoms with Crippen LogP contribution < -0.4 is 5.32 Å². The molecule has 1 saturated heterocycles. The number of nitrogens with one attached hydrogen (secondary N) is 1. The molecule has 0 radical (unpaired) electrons. The normalized spacial score (nSPS) is 31.1. The second-order valence-electron chi connectivity index (χ2n) is 6.32. The van der Waals surface area contributed by atoms with Crippen LogP contribution in [0.15, 0.2) is 33.3 Å². The number of hydrogen-bond acceptors (Lipinski definition) is 5. The van der Waals surface area contributed by atoms with E-state index in [2.05, 4.69) is 21.2 Å². The molecule has 1 fully saturated rings. The molecule has 0 amide bonds. The number of halogens is 2. The Morgan fingerprint density at radius 3 is 2.88 bits per heavy atom. The monoisotopic (exact) mass is 415 g/mol. The van der Waals surface area contributed by atoms with Crippen molar-refractivity contribution in [2.75, 3.05) is 12.4 Å². The Balaban J connectivity index is 1.93. The highest BCUT2D eigenvalue weighted by Gasteiger charge is 2.52. The number of carbonyl (C=O) groups is 1. The molecule has 0 aliphatic carbocycles. The summed E-state index contributed by atoms with van der Waals surface area (Å²) in [5.74, 6) is -2.03. The van der Waals surface area contributed by atoms with E-state index in [1.165, 1.54) is 6.07 Å². The summed E-state index contributed by atoms with van der Waals surface area (Å²) < 4.78 is 44.5. The summed E-state index contributed by atoms with van der Waals surface area (Å²) in [6, 6.07) is 4.14. The van der Waals surface area contributed by atoms with Crippen molar-refractivity contribution in [2.24, 2.45) is 5.92 Å². The fourth-order valence-electron chi connectivity index (χ4n) is 3.87. The van der Waals surface area contributed by atoms with Crippen molar-refractivity contribution in [3.63, 3.8) is 0 Å². The van der Waals surface area contributed by atoms with Gasteiger partial charge in [-0.25, -0.2) is 12.8 Å². The molecule has 0 bridgehead atoms. The summed E-state index contributed by atoms with van der Waals surface area (Å²) in [5, 5.41) is 3.20. The quantitative estimate of drug-likeness (QED) is 0.712. The lowest BCUT2D eigenvalue weighted by Crippen LogP contribution is -2.47. The fraction of sp³-hybridized carbons (Fsp3) is 0.438. The Kier molecular flexibility index (Phi) is 3.72. The summed E-state index contributed by atoms with van der Waals surface area (Å²) in [5.41, 5.74) is 1.28. The number of benzene rings is 1. The second-order valence-corrected chi connectivity index (χ2v) is 9.26. The molecule has 8 heteroatoms. The zero-order valence-corrected chi connectivity index (χ0v) is 15.0. The number of hydrogen-bond donors (Lipinski definition) is 1. The first-order valence-corrected chi connectivity index (χ1v) is 10.2. The Morgan fingerprint density at radius 1 is 1.33 bits per heavy atom. The van der Waals surface area contributed by atoms with E-state index in [1.54, 1.807) is 12.1 Å². The second kappa shape index (κ2) is 5.56. The third-order valence-corrected chi connectivity index (χ3v) is 7.49. The predicted molar refractivity (Wildman–Crippen MR) is 88.3 cm³/mol. The molecule has 3 aliphatic heterocycles. The SMILES string of the molecule is O=C1OCC2NC3=C(C(c4ccc(F)c(Br)c4)C12)S(=O)(=O)CCC3. The fourth-order valence-corrected chi connectivity index (χ4v) is 6.22. The topological polar surface area (TPSA) is 72.5 Å². The minimum absolute atomic E-state index is 0.0683. The van der Waals surface area contributed by atoms with Gasteiger partial charge < -0.3 is 10.1 Å². The van der Waals surface area contributed by atoms with E-state index in [4.69, 9.17) is 4.74 Å². The standard InChI is InChI=1S/C16H15BrFNO4S/c17-9-6-8(3-4-10(9)18)13-14-12(7-23-16(14)20)19-11-2-1-5-24(21,22)15(11)13/h3-4,6,12-14,19H,1-2,5,7H2. The van der Waals surface area contributed by atoms with Gasteiger partial charge in [-0.2, -0.15) is 0 Å². The van der Waals surface area contributed by atoms with Gasteiger partial charge in [0.25, 0.3) is 0 Å². The summed E-state index contributed by atoms with van der Waals surface area (Å²) in [6.07, 6.45) is 1.19. The number of rotatable bonds is 1. The summed E-state index contributed by atoms with van der Waals surface area (Å²) in [4.78, 5) is 12.5. The highest BCUT2D eigenvalue weighted by Crippen LogP contribution is 2.47. The van der Waals surface area contributed by atoms with Crippen LogP contribution in [0.1, 0.15) is 24.3 Å². The number of allylic oxidation sites excluding steroid dienone is 2. The molecule has 3 aliphatic rings. The molecular formula is C16H15BrFNO4S. The van der Waals surface area contributed by atoms with Crippen LogP contribution in [0.3, 0.4) is 0 Å². The summed E-state index contributed by atoms with van der Waals surface area (Å²) >= 11 is 3.14. The molecule has 3 heterocycles. The van der Waals surface area contributed by atoms with E-state index in [0.29, 0.717) is 24.1 Å². The number of cyclic esters (lactones) is 1. The van der Waals surface area contributed by atoms with Crippen molar-refractivity contribution < 1.29 is 22.3 Å². The zero-order valence-electron chi connectivity index (χ0n) is 12.6. The lowest BCUT2D eigenvalue weighted by atomic mass is 9.78. The molecule has 3 atom stereocenters. The first-order valence-electron chi connectivity index (χ1n) is 7.72. The lowest BCUT2D eigenvalue weighted by Gasteiger charge is -2.38. The van der Waals surface area contributed by atoms with Crippen molar-refractivity contribution in [3.05, 3.63) is 44.7 Å². The number of fused-ring (bicyclic) bond motifs is 1. The van der Waals surface area contributed by atoms with Gasteiger partial charge >= 0.3 is 5.97 Å². The van der Waals surface area contributed by atoms with Crippen molar-refractivity contribution in [1.29, 1.82) is 0 Å². The summed E-state index contributed by atoms with van der Waals surface area (Å²) in [6.45, 7) is 0.221. The minimum atomic E-state index is -3.47. The van der Waals surface area contributed by atoms with Crippen LogP contribution in [-0.4, -0.2) is 32.8 Å². The number of ether oxygens (including phenoxy) is 1. The average Bonchev–Trinajstić information content (AvgIpc) is 2.89. The van der Waals surface area contributed by atoms with Gasteiger partial charge in [-0.15, -0.1) is 0 Å². The van der Waals surface area contributed by atoms with Gasteiger partial charge in [0.1, 0.15) is 12.4 Å². The maximum absolute atomic E-state index is 13.6. The van der Waals surface area contributed by atoms with Crippen LogP contribution >= 0.6 is 15.9 Å². The minimum Gasteiger partial charge on any atom is -0.463 e. The van der Waals surface area contributed by atoms with Gasteiger partial charge in [0.2, 0.25) is 0 Å². The summed E-state index contributed by atoms with van der Waals surface area (Å²) in [7, 11) is -3.47. The molecule has 0 aromatic heterocycles. The van der Waals surface area contributed by atoms with Crippen LogP contribution in [0.4, 0.5) is 4.39 Å². The zero-order chi connectivity index (χ0) is 17.1. The highest BCUT2D eigenvalue weighted by atomic mass is 79.9. The first kappa shape index (κ1) is 16.1. The Bertz CT molecular complexity index is 867. The van der Waals surface area contributed by atoms with Crippen LogP contribution in [0.5, 0.6) is 0 Å². The third-order valence-electron chi connectivity index (χ3n) is 4.89.